The second-order valence-electron chi connectivity index (χ2n) is 4.66. The Balaban J connectivity index is 1.72. The lowest BCUT2D eigenvalue weighted by atomic mass is 10.2. The van der Waals surface area contributed by atoms with E-state index in [1.807, 2.05) is 24.3 Å². The van der Waals surface area contributed by atoms with Crippen LogP contribution in [-0.2, 0) is 4.79 Å². The van der Waals surface area contributed by atoms with Gasteiger partial charge in [-0.25, -0.2) is 0 Å². The fraction of sp³-hybridized carbons (Fsp3) is 0.500. The minimum atomic E-state index is -0.684. The number of benzene rings is 1. The number of hydrogen-bond donors (Lipinski definition) is 1. The smallest absolute Gasteiger partial charge is 0.320 e. The molecule has 0 amide bonds. The molecule has 104 valence electrons. The molecule has 1 N–H and O–H groups in total. The molecule has 1 saturated heterocycles. The number of halogens is 1. The first-order chi connectivity index (χ1) is 9.18. The van der Waals surface area contributed by atoms with Gasteiger partial charge in [0.1, 0.15) is 6.04 Å². The second-order valence-corrected chi connectivity index (χ2v) is 6.21. The molecule has 0 spiro atoms. The van der Waals surface area contributed by atoms with Crippen LogP contribution < -0.4 is 0 Å². The van der Waals surface area contributed by atoms with Crippen molar-refractivity contribution < 1.29 is 9.90 Å². The highest BCUT2D eigenvalue weighted by Crippen LogP contribution is 2.27. The Morgan fingerprint density at radius 1 is 1.47 bits per heavy atom. The molecule has 1 aromatic carbocycles. The molecule has 0 saturated carbocycles. The van der Waals surface area contributed by atoms with Crippen molar-refractivity contribution in [1.82, 2.24) is 4.90 Å². The van der Waals surface area contributed by atoms with E-state index < -0.39 is 5.97 Å². The van der Waals surface area contributed by atoms with Crippen LogP contribution in [-0.4, -0.2) is 40.9 Å². The third kappa shape index (κ3) is 4.13. The summed E-state index contributed by atoms with van der Waals surface area (Å²) in [5.74, 6) is 0.281. The summed E-state index contributed by atoms with van der Waals surface area (Å²) in [4.78, 5) is 14.2. The van der Waals surface area contributed by atoms with Gasteiger partial charge in [-0.05, 0) is 50.2 Å². The van der Waals surface area contributed by atoms with Crippen LogP contribution in [0, 0.1) is 0 Å². The molecule has 0 unspecified atom stereocenters. The highest BCUT2D eigenvalue weighted by atomic mass is 35.5. The Labute approximate surface area is 122 Å². The SMILES string of the molecule is O=C(O)[C@H]1CCCN1CCCSc1ccccc1Cl. The van der Waals surface area contributed by atoms with Crippen molar-refractivity contribution in [2.24, 2.45) is 0 Å². The van der Waals surface area contributed by atoms with Gasteiger partial charge >= 0.3 is 5.97 Å². The van der Waals surface area contributed by atoms with E-state index in [4.69, 9.17) is 16.7 Å². The number of carbonyl (C=O) groups is 1. The predicted octanol–water partition coefficient (Wildman–Crippen LogP) is 3.37. The van der Waals surface area contributed by atoms with Crippen LogP contribution in [0.4, 0.5) is 0 Å². The number of aliphatic carboxylic acids is 1. The Bertz CT molecular complexity index is 441. The third-order valence-corrected chi connectivity index (χ3v) is 4.93. The zero-order valence-corrected chi connectivity index (χ0v) is 12.3. The summed E-state index contributed by atoms with van der Waals surface area (Å²) in [6, 6.07) is 7.54. The fourth-order valence-corrected chi connectivity index (χ4v) is 3.56. The quantitative estimate of drug-likeness (QED) is 0.646. The first-order valence-electron chi connectivity index (χ1n) is 6.52. The lowest BCUT2D eigenvalue weighted by Gasteiger charge is -2.20. The Hall–Kier alpha value is -0.710. The molecule has 3 nitrogen and oxygen atoms in total. The first-order valence-corrected chi connectivity index (χ1v) is 7.89. The molecular weight excluding hydrogens is 282 g/mol. The summed E-state index contributed by atoms with van der Waals surface area (Å²) in [5.41, 5.74) is 0. The van der Waals surface area contributed by atoms with Crippen LogP contribution in [0.3, 0.4) is 0 Å². The van der Waals surface area contributed by atoms with Crippen molar-refractivity contribution >= 4 is 29.3 Å². The summed E-state index contributed by atoms with van der Waals surface area (Å²) >= 11 is 7.82. The lowest BCUT2D eigenvalue weighted by Crippen LogP contribution is -2.36. The molecule has 5 heteroatoms. The van der Waals surface area contributed by atoms with Crippen LogP contribution in [0.15, 0.2) is 29.2 Å². The van der Waals surface area contributed by atoms with Gasteiger partial charge in [0, 0.05) is 4.90 Å². The molecule has 1 aromatic rings. The Kier molecular flexibility index (Phi) is 5.55. The van der Waals surface area contributed by atoms with Crippen molar-refractivity contribution in [2.75, 3.05) is 18.8 Å². The van der Waals surface area contributed by atoms with Crippen LogP contribution in [0.2, 0.25) is 5.02 Å². The molecule has 1 fully saturated rings. The molecule has 0 aromatic heterocycles. The highest BCUT2D eigenvalue weighted by Gasteiger charge is 2.29. The van der Waals surface area contributed by atoms with Crippen LogP contribution >= 0.6 is 23.4 Å². The van der Waals surface area contributed by atoms with Gasteiger partial charge in [-0.3, -0.25) is 9.69 Å². The number of rotatable bonds is 6. The maximum atomic E-state index is 11.0. The van der Waals surface area contributed by atoms with E-state index in [0.29, 0.717) is 0 Å². The van der Waals surface area contributed by atoms with E-state index in [1.54, 1.807) is 11.8 Å². The Morgan fingerprint density at radius 2 is 2.26 bits per heavy atom. The fourth-order valence-electron chi connectivity index (χ4n) is 2.38. The summed E-state index contributed by atoms with van der Waals surface area (Å²) in [6.45, 7) is 1.77. The zero-order chi connectivity index (χ0) is 13.7. The number of thioether (sulfide) groups is 1. The minimum absolute atomic E-state index is 0.273. The molecule has 1 heterocycles. The van der Waals surface area contributed by atoms with Crippen molar-refractivity contribution in [1.29, 1.82) is 0 Å². The molecule has 2 rings (SSSR count). The molecule has 1 aliphatic heterocycles. The highest BCUT2D eigenvalue weighted by molar-refractivity contribution is 7.99. The van der Waals surface area contributed by atoms with Gasteiger partial charge in [-0.15, -0.1) is 11.8 Å². The van der Waals surface area contributed by atoms with Crippen molar-refractivity contribution in [3.05, 3.63) is 29.3 Å². The minimum Gasteiger partial charge on any atom is -0.480 e. The average molecular weight is 300 g/mol. The summed E-state index contributed by atoms with van der Waals surface area (Å²) in [5, 5.41) is 9.88. The number of carboxylic acid groups (broad SMARTS) is 1. The van der Waals surface area contributed by atoms with E-state index in [9.17, 15) is 4.79 Å². The molecule has 0 radical (unpaired) electrons. The number of hydrogen-bond acceptors (Lipinski definition) is 3. The largest absolute Gasteiger partial charge is 0.480 e. The van der Waals surface area contributed by atoms with Crippen molar-refractivity contribution in [3.63, 3.8) is 0 Å². The molecule has 0 aliphatic carbocycles. The van der Waals surface area contributed by atoms with Crippen LogP contribution in [0.5, 0.6) is 0 Å². The van der Waals surface area contributed by atoms with Crippen LogP contribution in [0.25, 0.3) is 0 Å². The van der Waals surface area contributed by atoms with Gasteiger partial charge in [0.05, 0.1) is 5.02 Å². The molecule has 0 bridgehead atoms. The molecule has 1 aliphatic rings. The zero-order valence-electron chi connectivity index (χ0n) is 10.7. The second kappa shape index (κ2) is 7.17. The van der Waals surface area contributed by atoms with Gasteiger partial charge in [-0.1, -0.05) is 23.7 Å². The van der Waals surface area contributed by atoms with E-state index in [-0.39, 0.29) is 6.04 Å². The van der Waals surface area contributed by atoms with E-state index in [2.05, 4.69) is 4.90 Å². The standard InChI is InChI=1S/C14H18ClNO2S/c15-11-5-1-2-7-13(11)19-10-4-9-16-8-3-6-12(16)14(17)18/h1-2,5,7,12H,3-4,6,8-10H2,(H,17,18)/t12-/m1/s1. The monoisotopic (exact) mass is 299 g/mol. The topological polar surface area (TPSA) is 40.5 Å². The van der Waals surface area contributed by atoms with E-state index in [0.717, 1.165) is 48.0 Å². The van der Waals surface area contributed by atoms with Gasteiger partial charge in [0.15, 0.2) is 0 Å². The van der Waals surface area contributed by atoms with Gasteiger partial charge in [0.2, 0.25) is 0 Å². The van der Waals surface area contributed by atoms with E-state index in [1.165, 1.54) is 0 Å². The predicted molar refractivity (Wildman–Crippen MR) is 79.0 cm³/mol. The first kappa shape index (κ1) is 14.7. The Morgan fingerprint density at radius 3 is 3.00 bits per heavy atom. The maximum Gasteiger partial charge on any atom is 0.320 e. The maximum absolute atomic E-state index is 11.0. The lowest BCUT2D eigenvalue weighted by molar-refractivity contribution is -0.142. The van der Waals surface area contributed by atoms with Gasteiger partial charge < -0.3 is 5.11 Å². The van der Waals surface area contributed by atoms with Crippen LogP contribution in [0.1, 0.15) is 19.3 Å². The van der Waals surface area contributed by atoms with Crippen molar-refractivity contribution in [2.45, 2.75) is 30.2 Å². The van der Waals surface area contributed by atoms with Gasteiger partial charge in [0.25, 0.3) is 0 Å². The number of likely N-dealkylation sites (tertiary alicyclic amines) is 1. The normalized spacial score (nSPS) is 19.7. The third-order valence-electron chi connectivity index (χ3n) is 3.33. The average Bonchev–Trinajstić information content (AvgIpc) is 2.85. The van der Waals surface area contributed by atoms with E-state index >= 15 is 0 Å². The molecular formula is C14H18ClNO2S. The summed E-state index contributed by atoms with van der Waals surface area (Å²) in [6.07, 6.45) is 2.77. The molecule has 19 heavy (non-hydrogen) atoms. The number of carboxylic acids is 1. The summed E-state index contributed by atoms with van der Waals surface area (Å²) in [7, 11) is 0. The molecule has 1 atom stereocenters. The number of nitrogens with zero attached hydrogens (tertiary/aromatic N) is 1. The van der Waals surface area contributed by atoms with Gasteiger partial charge in [-0.2, -0.15) is 0 Å². The summed E-state index contributed by atoms with van der Waals surface area (Å²) < 4.78 is 0. The van der Waals surface area contributed by atoms with Crippen molar-refractivity contribution in [3.8, 4) is 0 Å².